The van der Waals surface area contributed by atoms with Crippen LogP contribution in [0.25, 0.3) is 0 Å². The van der Waals surface area contributed by atoms with Gasteiger partial charge >= 0.3 is 11.7 Å². The zero-order chi connectivity index (χ0) is 8.43. The van der Waals surface area contributed by atoms with Gasteiger partial charge in [-0.1, -0.05) is 12.6 Å². The zero-order valence-electron chi connectivity index (χ0n) is 5.39. The highest BCUT2D eigenvalue weighted by Gasteiger charge is 2.14. The maximum atomic E-state index is 10.9. The van der Waals surface area contributed by atoms with Crippen molar-refractivity contribution in [3.63, 3.8) is 0 Å². The fourth-order valence-corrected chi connectivity index (χ4v) is 0.836. The lowest BCUT2D eigenvalue weighted by Gasteiger charge is -2.00. The lowest BCUT2D eigenvalue weighted by atomic mass is 10.3. The van der Waals surface area contributed by atoms with Crippen molar-refractivity contribution in [2.45, 2.75) is 5.03 Å². The van der Waals surface area contributed by atoms with E-state index in [0.29, 0.717) is 0 Å². The molecule has 0 saturated heterocycles. The molecule has 5 heteroatoms. The Morgan fingerprint density at radius 1 is 1.64 bits per heavy atom. The molecule has 11 heavy (non-hydrogen) atoms. The fraction of sp³-hybridized carbons (Fsp3) is 0. The molecule has 0 fully saturated rings. The van der Waals surface area contributed by atoms with Gasteiger partial charge in [-0.3, -0.25) is 0 Å². The molecule has 4 nitrogen and oxygen atoms in total. The lowest BCUT2D eigenvalue weighted by Crippen LogP contribution is -2.35. The van der Waals surface area contributed by atoms with Crippen molar-refractivity contribution in [3.05, 3.63) is 29.1 Å². The Balaban J connectivity index is 3.27. The molecule has 0 aromatic carbocycles. The molecule has 0 amide bonds. The lowest BCUT2D eigenvalue weighted by molar-refractivity contribution is -0.647. The number of aromatic carboxylic acids is 1. The molecule has 0 aliphatic carbocycles. The van der Waals surface area contributed by atoms with E-state index in [9.17, 15) is 10.0 Å². The summed E-state index contributed by atoms with van der Waals surface area (Å²) in [6.45, 7) is 0. The van der Waals surface area contributed by atoms with E-state index in [1.54, 1.807) is 0 Å². The van der Waals surface area contributed by atoms with Gasteiger partial charge in [-0.05, 0) is 6.07 Å². The molecule has 0 aliphatic rings. The summed E-state index contributed by atoms with van der Waals surface area (Å²) in [5.74, 6) is -1.25. The number of pyridine rings is 1. The average Bonchev–Trinajstić information content (AvgIpc) is 1.94. The molecule has 1 N–H and O–H groups in total. The maximum Gasteiger partial charge on any atom is 0.402 e. The minimum Gasteiger partial charge on any atom is -0.617 e. The Morgan fingerprint density at radius 3 is 2.73 bits per heavy atom. The van der Waals surface area contributed by atoms with E-state index in [4.69, 9.17) is 5.11 Å². The molecule has 0 spiro atoms. The third-order valence-electron chi connectivity index (χ3n) is 1.15. The van der Waals surface area contributed by atoms with Crippen molar-refractivity contribution in [1.29, 1.82) is 0 Å². The minimum atomic E-state index is -1.25. The maximum absolute atomic E-state index is 10.9. The van der Waals surface area contributed by atoms with Gasteiger partial charge in [0.15, 0.2) is 0 Å². The standard InChI is InChI=1S/C6H5NO3S/c8-6(9)4-2-1-3-5(11)7(4)10/h1-3,11H,(H,8,9). The van der Waals surface area contributed by atoms with Gasteiger partial charge in [-0.15, -0.1) is 0 Å². The fourth-order valence-electron chi connectivity index (χ4n) is 0.642. The zero-order valence-corrected chi connectivity index (χ0v) is 6.28. The molecule has 1 aromatic heterocycles. The van der Waals surface area contributed by atoms with Crippen LogP contribution in [0.3, 0.4) is 0 Å². The number of rotatable bonds is 1. The summed E-state index contributed by atoms with van der Waals surface area (Å²) in [5.41, 5.74) is -0.322. The van der Waals surface area contributed by atoms with Crippen LogP contribution in [0.2, 0.25) is 0 Å². The molecule has 1 heterocycles. The summed E-state index contributed by atoms with van der Waals surface area (Å²) in [7, 11) is 0. The number of carboxylic acid groups (broad SMARTS) is 1. The van der Waals surface area contributed by atoms with E-state index >= 15 is 0 Å². The molecular weight excluding hydrogens is 166 g/mol. The van der Waals surface area contributed by atoms with E-state index in [1.807, 2.05) is 0 Å². The van der Waals surface area contributed by atoms with E-state index in [-0.39, 0.29) is 15.5 Å². The SMILES string of the molecule is O=C(O)c1cccc(S)[n+]1[O-]. The van der Waals surface area contributed by atoms with Crippen molar-refractivity contribution >= 4 is 18.6 Å². The van der Waals surface area contributed by atoms with Crippen LogP contribution in [0.1, 0.15) is 10.5 Å². The Labute approximate surface area is 68.1 Å². The first-order chi connectivity index (χ1) is 5.13. The number of hydrogen-bond donors (Lipinski definition) is 2. The summed E-state index contributed by atoms with van der Waals surface area (Å²) in [6.07, 6.45) is 0. The highest BCUT2D eigenvalue weighted by atomic mass is 32.1. The second kappa shape index (κ2) is 2.79. The summed E-state index contributed by atoms with van der Waals surface area (Å²) in [4.78, 5) is 10.3. The van der Waals surface area contributed by atoms with Crippen molar-refractivity contribution < 1.29 is 14.6 Å². The number of nitrogens with zero attached hydrogens (tertiary/aromatic N) is 1. The van der Waals surface area contributed by atoms with Gasteiger partial charge in [-0.25, -0.2) is 4.79 Å². The van der Waals surface area contributed by atoms with Crippen molar-refractivity contribution in [3.8, 4) is 0 Å². The van der Waals surface area contributed by atoms with Crippen LogP contribution < -0.4 is 4.73 Å². The van der Waals surface area contributed by atoms with Crippen LogP contribution in [0.4, 0.5) is 0 Å². The van der Waals surface area contributed by atoms with Gasteiger partial charge < -0.3 is 10.3 Å². The van der Waals surface area contributed by atoms with Crippen LogP contribution in [-0.4, -0.2) is 11.1 Å². The van der Waals surface area contributed by atoms with Crippen molar-refractivity contribution in [2.75, 3.05) is 0 Å². The van der Waals surface area contributed by atoms with Gasteiger partial charge in [-0.2, -0.15) is 4.73 Å². The van der Waals surface area contributed by atoms with Crippen LogP contribution >= 0.6 is 12.6 Å². The topological polar surface area (TPSA) is 64.2 Å². The first-order valence-electron chi connectivity index (χ1n) is 2.78. The molecule has 0 atom stereocenters. The summed E-state index contributed by atoms with van der Waals surface area (Å²) in [5, 5.41) is 19.4. The van der Waals surface area contributed by atoms with Crippen molar-refractivity contribution in [1.82, 2.24) is 0 Å². The highest BCUT2D eigenvalue weighted by Crippen LogP contribution is 1.99. The van der Waals surface area contributed by atoms with Crippen LogP contribution in [0.15, 0.2) is 23.2 Å². The number of carbonyl (C=O) groups is 1. The van der Waals surface area contributed by atoms with Crippen LogP contribution in [0.5, 0.6) is 0 Å². The third kappa shape index (κ3) is 1.43. The molecule has 1 aromatic rings. The third-order valence-corrected chi connectivity index (χ3v) is 1.48. The smallest absolute Gasteiger partial charge is 0.402 e. The number of carboxylic acids is 1. The van der Waals surface area contributed by atoms with E-state index in [2.05, 4.69) is 12.6 Å². The molecule has 0 bridgehead atoms. The molecule has 0 aliphatic heterocycles. The molecule has 0 unspecified atom stereocenters. The summed E-state index contributed by atoms with van der Waals surface area (Å²) >= 11 is 3.75. The van der Waals surface area contributed by atoms with Crippen molar-refractivity contribution in [2.24, 2.45) is 0 Å². The second-order valence-corrected chi connectivity index (χ2v) is 2.33. The normalized spacial score (nSPS) is 9.55. The Bertz CT molecular complexity index is 300. The summed E-state index contributed by atoms with van der Waals surface area (Å²) in [6, 6.07) is 4.10. The molecule has 0 saturated carbocycles. The second-order valence-electron chi connectivity index (χ2n) is 1.87. The molecule has 0 radical (unpaired) electrons. The average molecular weight is 171 g/mol. The Kier molecular flexibility index (Phi) is 2.00. The van der Waals surface area contributed by atoms with Crippen LogP contribution in [-0.2, 0) is 0 Å². The predicted octanol–water partition coefficient (Wildman–Crippen LogP) is 0.307. The molecular formula is C6H5NO3S. The monoisotopic (exact) mass is 171 g/mol. The van der Waals surface area contributed by atoms with E-state index < -0.39 is 5.97 Å². The highest BCUT2D eigenvalue weighted by molar-refractivity contribution is 7.80. The van der Waals surface area contributed by atoms with Crippen LogP contribution in [0, 0.1) is 5.21 Å². The molecule has 1 rings (SSSR count). The quantitative estimate of drug-likeness (QED) is 0.363. The number of aromatic nitrogens is 1. The molecule has 58 valence electrons. The Morgan fingerprint density at radius 2 is 2.27 bits per heavy atom. The largest absolute Gasteiger partial charge is 0.617 e. The minimum absolute atomic E-state index is 0.0740. The summed E-state index contributed by atoms with van der Waals surface area (Å²) < 4.78 is 0.255. The van der Waals surface area contributed by atoms with E-state index in [0.717, 1.165) is 0 Å². The van der Waals surface area contributed by atoms with Gasteiger partial charge in [0.1, 0.15) is 0 Å². The number of thiol groups is 1. The van der Waals surface area contributed by atoms with E-state index in [1.165, 1.54) is 18.2 Å². The van der Waals surface area contributed by atoms with Gasteiger partial charge in [0.2, 0.25) is 5.03 Å². The Hall–Kier alpha value is -1.23. The van der Waals surface area contributed by atoms with Gasteiger partial charge in [0.05, 0.1) is 0 Å². The predicted molar refractivity (Wildman–Crippen MR) is 39.6 cm³/mol. The first kappa shape index (κ1) is 7.87. The van der Waals surface area contributed by atoms with Gasteiger partial charge in [0.25, 0.3) is 0 Å². The van der Waals surface area contributed by atoms with Gasteiger partial charge in [0, 0.05) is 12.1 Å². The number of hydrogen-bond acceptors (Lipinski definition) is 3. The first-order valence-corrected chi connectivity index (χ1v) is 3.22.